The van der Waals surface area contributed by atoms with Crippen molar-refractivity contribution in [1.29, 1.82) is 0 Å². The predicted molar refractivity (Wildman–Crippen MR) is 95.3 cm³/mol. The minimum atomic E-state index is 0.353. The van der Waals surface area contributed by atoms with Gasteiger partial charge in [0.2, 0.25) is 5.88 Å². The van der Waals surface area contributed by atoms with E-state index < -0.39 is 0 Å². The first-order valence-corrected chi connectivity index (χ1v) is 8.79. The van der Waals surface area contributed by atoms with Gasteiger partial charge in [-0.05, 0) is 56.0 Å². The molecule has 1 heterocycles. The van der Waals surface area contributed by atoms with E-state index in [0.717, 1.165) is 24.3 Å². The molecule has 6 heteroatoms. The Morgan fingerprint density at radius 1 is 1.19 bits per heavy atom. The summed E-state index contributed by atoms with van der Waals surface area (Å²) in [7, 11) is 1.65. The predicted octanol–water partition coefficient (Wildman–Crippen LogP) is 5.47. The first-order valence-electron chi connectivity index (χ1n) is 6.38. The van der Waals surface area contributed by atoms with Gasteiger partial charge in [-0.2, -0.15) is 0 Å². The number of benzene rings is 1. The lowest BCUT2D eigenvalue weighted by molar-refractivity contribution is 0.389. The van der Waals surface area contributed by atoms with Crippen LogP contribution in [-0.2, 0) is 0 Å². The average Bonchev–Trinajstić information content (AvgIpc) is 2.42. The van der Waals surface area contributed by atoms with E-state index in [1.165, 1.54) is 0 Å². The van der Waals surface area contributed by atoms with Crippen molar-refractivity contribution in [3.05, 3.63) is 38.9 Å². The van der Waals surface area contributed by atoms with E-state index in [1.54, 1.807) is 18.9 Å². The summed E-state index contributed by atoms with van der Waals surface area (Å²) in [6.45, 7) is 4.26. The van der Waals surface area contributed by atoms with Crippen LogP contribution in [0.3, 0.4) is 0 Å². The van der Waals surface area contributed by atoms with Crippen LogP contribution in [0.5, 0.6) is 5.88 Å². The molecule has 0 fully saturated rings. The molecule has 0 saturated heterocycles. The van der Waals surface area contributed by atoms with Crippen molar-refractivity contribution in [1.82, 2.24) is 4.98 Å². The Morgan fingerprint density at radius 2 is 1.81 bits per heavy atom. The van der Waals surface area contributed by atoms with Crippen molar-refractivity contribution in [3.63, 3.8) is 0 Å². The summed E-state index contributed by atoms with van der Waals surface area (Å²) in [5, 5.41) is 0. The van der Waals surface area contributed by atoms with Crippen molar-refractivity contribution in [2.75, 3.05) is 12.8 Å². The monoisotopic (exact) mass is 430 g/mol. The van der Waals surface area contributed by atoms with Gasteiger partial charge in [-0.3, -0.25) is 0 Å². The highest BCUT2D eigenvalue weighted by Gasteiger charge is 2.13. The Hall–Kier alpha value is -0.720. The maximum Gasteiger partial charge on any atom is 0.216 e. The van der Waals surface area contributed by atoms with E-state index in [9.17, 15) is 0 Å². The maximum atomic E-state index is 5.83. The number of hydrogen-bond acceptors (Lipinski definition) is 4. The molecule has 2 N–H and O–H groups in total. The van der Waals surface area contributed by atoms with E-state index in [4.69, 9.17) is 10.5 Å². The van der Waals surface area contributed by atoms with Crippen LogP contribution >= 0.6 is 43.6 Å². The van der Waals surface area contributed by atoms with Crippen LogP contribution in [-0.4, -0.2) is 12.1 Å². The second kappa shape index (κ2) is 7.03. The molecular formula is C15H16Br2N2OS. The van der Waals surface area contributed by atoms with E-state index in [0.29, 0.717) is 17.5 Å². The number of ether oxygens (including phenoxy) is 1. The Morgan fingerprint density at radius 3 is 2.33 bits per heavy atom. The summed E-state index contributed by atoms with van der Waals surface area (Å²) >= 11 is 8.74. The van der Waals surface area contributed by atoms with Crippen molar-refractivity contribution in [2.45, 2.75) is 29.6 Å². The summed E-state index contributed by atoms with van der Waals surface area (Å²) in [5.41, 5.74) is 7.64. The SMILES string of the molecule is COc1ncc(Sc2c(Br)cc(N)cc2Br)cc1C(C)C. The zero-order valence-electron chi connectivity index (χ0n) is 12.0. The number of rotatable bonds is 4. The molecule has 0 aliphatic rings. The third-order valence-electron chi connectivity index (χ3n) is 2.91. The van der Waals surface area contributed by atoms with Crippen LogP contribution in [0.25, 0.3) is 0 Å². The number of nitrogens with zero attached hydrogens (tertiary/aromatic N) is 1. The van der Waals surface area contributed by atoms with Crippen LogP contribution in [0.2, 0.25) is 0 Å². The maximum absolute atomic E-state index is 5.83. The van der Waals surface area contributed by atoms with Crippen LogP contribution in [0.1, 0.15) is 25.3 Å². The van der Waals surface area contributed by atoms with Gasteiger partial charge in [0.1, 0.15) is 0 Å². The topological polar surface area (TPSA) is 48.1 Å². The lowest BCUT2D eigenvalue weighted by Crippen LogP contribution is -1.97. The van der Waals surface area contributed by atoms with E-state index >= 15 is 0 Å². The molecule has 0 bridgehead atoms. The second-order valence-electron chi connectivity index (χ2n) is 4.84. The smallest absolute Gasteiger partial charge is 0.216 e. The molecule has 0 unspecified atom stereocenters. The van der Waals surface area contributed by atoms with Gasteiger partial charge in [0.05, 0.1) is 7.11 Å². The number of nitrogen functional groups attached to an aromatic ring is 1. The average molecular weight is 432 g/mol. The lowest BCUT2D eigenvalue weighted by Gasteiger charge is -2.13. The summed E-state index contributed by atoms with van der Waals surface area (Å²) < 4.78 is 7.24. The number of aromatic nitrogens is 1. The van der Waals surface area contributed by atoms with Gasteiger partial charge in [-0.1, -0.05) is 25.6 Å². The van der Waals surface area contributed by atoms with Crippen molar-refractivity contribution >= 4 is 49.3 Å². The van der Waals surface area contributed by atoms with Crippen molar-refractivity contribution in [2.24, 2.45) is 0 Å². The molecule has 2 rings (SSSR count). The highest BCUT2D eigenvalue weighted by molar-refractivity contribution is 9.11. The van der Waals surface area contributed by atoms with E-state index in [-0.39, 0.29) is 0 Å². The molecule has 3 nitrogen and oxygen atoms in total. The standard InChI is InChI=1S/C15H16Br2N2OS/c1-8(2)11-6-10(7-19-15(11)20-3)21-14-12(16)4-9(18)5-13(14)17/h4-8H,18H2,1-3H3. The van der Waals surface area contributed by atoms with Gasteiger partial charge in [0, 0.05) is 36.2 Å². The summed E-state index contributed by atoms with van der Waals surface area (Å²) in [6, 6.07) is 5.91. The minimum absolute atomic E-state index is 0.353. The fraction of sp³-hybridized carbons (Fsp3) is 0.267. The molecule has 0 aliphatic carbocycles. The third kappa shape index (κ3) is 3.93. The Bertz CT molecular complexity index is 639. The molecule has 0 spiro atoms. The van der Waals surface area contributed by atoms with Gasteiger partial charge in [-0.15, -0.1) is 0 Å². The second-order valence-corrected chi connectivity index (χ2v) is 7.63. The fourth-order valence-corrected chi connectivity index (χ4v) is 4.43. The van der Waals surface area contributed by atoms with Crippen LogP contribution in [0.15, 0.2) is 43.1 Å². The fourth-order valence-electron chi connectivity index (χ4n) is 1.88. The number of hydrogen-bond donors (Lipinski definition) is 1. The molecule has 21 heavy (non-hydrogen) atoms. The molecule has 0 amide bonds. The number of anilines is 1. The quantitative estimate of drug-likeness (QED) is 0.651. The molecule has 0 atom stereocenters. The van der Waals surface area contributed by atoms with E-state index in [2.05, 4.69) is 56.8 Å². The molecule has 112 valence electrons. The Balaban J connectivity index is 2.39. The van der Waals surface area contributed by atoms with Gasteiger partial charge < -0.3 is 10.5 Å². The van der Waals surface area contributed by atoms with Crippen LogP contribution < -0.4 is 10.5 Å². The summed E-state index contributed by atoms with van der Waals surface area (Å²) in [5.74, 6) is 1.04. The minimum Gasteiger partial charge on any atom is -0.481 e. The Labute approximate surface area is 145 Å². The molecule has 0 radical (unpaired) electrons. The first-order chi connectivity index (χ1) is 9.92. The van der Waals surface area contributed by atoms with Gasteiger partial charge >= 0.3 is 0 Å². The number of nitrogens with two attached hydrogens (primary N) is 1. The zero-order valence-corrected chi connectivity index (χ0v) is 16.0. The first kappa shape index (κ1) is 16.6. The summed E-state index contributed by atoms with van der Waals surface area (Å²) in [6.07, 6.45) is 1.82. The highest BCUT2D eigenvalue weighted by Crippen LogP contribution is 2.41. The largest absolute Gasteiger partial charge is 0.481 e. The van der Waals surface area contributed by atoms with Gasteiger partial charge in [-0.25, -0.2) is 4.98 Å². The van der Waals surface area contributed by atoms with Gasteiger partial charge in [0.15, 0.2) is 0 Å². The zero-order chi connectivity index (χ0) is 15.6. The Kier molecular flexibility index (Phi) is 5.57. The van der Waals surface area contributed by atoms with Crippen molar-refractivity contribution < 1.29 is 4.74 Å². The highest BCUT2D eigenvalue weighted by atomic mass is 79.9. The lowest BCUT2D eigenvalue weighted by atomic mass is 10.1. The summed E-state index contributed by atoms with van der Waals surface area (Å²) in [4.78, 5) is 6.53. The molecule has 2 aromatic rings. The van der Waals surface area contributed by atoms with Crippen LogP contribution in [0.4, 0.5) is 5.69 Å². The molecule has 1 aromatic carbocycles. The van der Waals surface area contributed by atoms with Gasteiger partial charge in [0.25, 0.3) is 0 Å². The van der Waals surface area contributed by atoms with Crippen LogP contribution in [0, 0.1) is 0 Å². The number of pyridine rings is 1. The molecule has 0 aliphatic heterocycles. The number of halogens is 2. The third-order valence-corrected chi connectivity index (χ3v) is 5.79. The normalized spacial score (nSPS) is 11.0. The molecule has 0 saturated carbocycles. The number of methoxy groups -OCH3 is 1. The molecular weight excluding hydrogens is 416 g/mol. The van der Waals surface area contributed by atoms with Crippen molar-refractivity contribution in [3.8, 4) is 5.88 Å². The van der Waals surface area contributed by atoms with E-state index in [1.807, 2.05) is 18.3 Å². The molecule has 1 aromatic heterocycles.